The Balaban J connectivity index is 1.64. The van der Waals surface area contributed by atoms with Gasteiger partial charge in [0.05, 0.1) is 13.2 Å². The zero-order chi connectivity index (χ0) is 19.1. The summed E-state index contributed by atoms with van der Waals surface area (Å²) in [7, 11) is 0. The fraction of sp³-hybridized carbons (Fsp3) is 0.545. The van der Waals surface area contributed by atoms with Crippen LogP contribution in [0.5, 0.6) is 5.75 Å². The monoisotopic (exact) mass is 372 g/mol. The highest BCUT2D eigenvalue weighted by atomic mass is 16.5. The lowest BCUT2D eigenvalue weighted by Crippen LogP contribution is -2.52. The highest BCUT2D eigenvalue weighted by Gasteiger charge is 2.27. The molecule has 1 atom stereocenters. The summed E-state index contributed by atoms with van der Waals surface area (Å²) in [6.45, 7) is 9.63. The van der Waals surface area contributed by atoms with E-state index in [-0.39, 0.29) is 6.61 Å². The minimum Gasteiger partial charge on any atom is -0.494 e. The number of hydrogen-bond donors (Lipinski definition) is 1. The molecule has 0 amide bonds. The molecule has 5 heteroatoms. The first-order valence-electron chi connectivity index (χ1n) is 10.1. The first-order valence-corrected chi connectivity index (χ1v) is 10.1. The van der Waals surface area contributed by atoms with E-state index < -0.39 is 0 Å². The number of aliphatic hydroxyl groups is 1. The van der Waals surface area contributed by atoms with E-state index in [0.29, 0.717) is 12.6 Å². The summed E-state index contributed by atoms with van der Waals surface area (Å²) in [5.41, 5.74) is 1.22. The number of aryl methyl sites for hydroxylation is 1. The van der Waals surface area contributed by atoms with Crippen LogP contribution < -0.4 is 4.74 Å². The second-order valence-corrected chi connectivity index (χ2v) is 7.13. The van der Waals surface area contributed by atoms with Crippen LogP contribution in [-0.4, -0.2) is 53.8 Å². The minimum atomic E-state index is 0.211. The second-order valence-electron chi connectivity index (χ2n) is 7.13. The SMILES string of the molecule is CCOc1ccccc1CN1CCN(Cc2ccc(CC)o2)C[C@@H]1CCO. The molecule has 5 nitrogen and oxygen atoms in total. The van der Waals surface area contributed by atoms with Crippen molar-refractivity contribution < 1.29 is 14.3 Å². The van der Waals surface area contributed by atoms with Crippen molar-refractivity contribution >= 4 is 0 Å². The molecule has 3 rings (SSSR count). The highest BCUT2D eigenvalue weighted by molar-refractivity contribution is 5.33. The molecule has 2 heterocycles. The van der Waals surface area contributed by atoms with Crippen LogP contribution in [0, 0.1) is 0 Å². The summed E-state index contributed by atoms with van der Waals surface area (Å²) in [6, 6.07) is 12.8. The van der Waals surface area contributed by atoms with Crippen molar-refractivity contribution in [1.82, 2.24) is 9.80 Å². The van der Waals surface area contributed by atoms with Crippen LogP contribution in [0.25, 0.3) is 0 Å². The van der Waals surface area contributed by atoms with Crippen LogP contribution in [0.3, 0.4) is 0 Å². The average molecular weight is 373 g/mol. The van der Waals surface area contributed by atoms with E-state index in [4.69, 9.17) is 9.15 Å². The van der Waals surface area contributed by atoms with E-state index in [1.165, 1.54) is 5.56 Å². The van der Waals surface area contributed by atoms with Gasteiger partial charge >= 0.3 is 0 Å². The number of rotatable bonds is 9. The van der Waals surface area contributed by atoms with Gasteiger partial charge in [0.2, 0.25) is 0 Å². The topological polar surface area (TPSA) is 49.1 Å². The van der Waals surface area contributed by atoms with Crippen LogP contribution in [-0.2, 0) is 19.5 Å². The molecule has 1 aromatic carbocycles. The molecule has 148 valence electrons. The maximum atomic E-state index is 9.56. The van der Waals surface area contributed by atoms with Gasteiger partial charge in [0.1, 0.15) is 17.3 Å². The Morgan fingerprint density at radius 3 is 2.63 bits per heavy atom. The van der Waals surface area contributed by atoms with Crippen LogP contribution in [0.1, 0.15) is 37.4 Å². The normalized spacial score (nSPS) is 18.7. The van der Waals surface area contributed by atoms with Crippen molar-refractivity contribution in [3.8, 4) is 5.75 Å². The predicted molar refractivity (Wildman–Crippen MR) is 107 cm³/mol. The number of ether oxygens (including phenoxy) is 1. The smallest absolute Gasteiger partial charge is 0.123 e. The summed E-state index contributed by atoms with van der Waals surface area (Å²) >= 11 is 0. The molecule has 1 fully saturated rings. The maximum Gasteiger partial charge on any atom is 0.123 e. The molecule has 1 aromatic heterocycles. The highest BCUT2D eigenvalue weighted by Crippen LogP contribution is 2.24. The van der Waals surface area contributed by atoms with Crippen molar-refractivity contribution in [2.75, 3.05) is 32.8 Å². The third-order valence-electron chi connectivity index (χ3n) is 5.24. The largest absolute Gasteiger partial charge is 0.494 e. The van der Waals surface area contributed by atoms with Gasteiger partial charge in [0, 0.05) is 50.8 Å². The summed E-state index contributed by atoms with van der Waals surface area (Å²) in [5, 5.41) is 9.56. The molecular weight excluding hydrogens is 340 g/mol. The molecule has 0 radical (unpaired) electrons. The number of furan rings is 1. The number of benzene rings is 1. The number of piperazine rings is 1. The quantitative estimate of drug-likeness (QED) is 0.732. The molecule has 0 saturated carbocycles. The average Bonchev–Trinajstić information content (AvgIpc) is 3.13. The third-order valence-corrected chi connectivity index (χ3v) is 5.24. The van der Waals surface area contributed by atoms with Gasteiger partial charge in [-0.1, -0.05) is 25.1 Å². The number of para-hydroxylation sites is 1. The molecule has 0 bridgehead atoms. The summed E-state index contributed by atoms with van der Waals surface area (Å²) in [4.78, 5) is 4.91. The van der Waals surface area contributed by atoms with E-state index in [9.17, 15) is 5.11 Å². The van der Waals surface area contributed by atoms with E-state index in [2.05, 4.69) is 41.0 Å². The molecule has 2 aromatic rings. The molecular formula is C22H32N2O3. The Kier molecular flexibility index (Phi) is 7.33. The van der Waals surface area contributed by atoms with Crippen molar-refractivity contribution in [2.24, 2.45) is 0 Å². The van der Waals surface area contributed by atoms with Crippen LogP contribution in [0.4, 0.5) is 0 Å². The van der Waals surface area contributed by atoms with Crippen molar-refractivity contribution in [1.29, 1.82) is 0 Å². The number of hydrogen-bond acceptors (Lipinski definition) is 5. The molecule has 1 saturated heterocycles. The van der Waals surface area contributed by atoms with Crippen LogP contribution in [0.2, 0.25) is 0 Å². The summed E-state index contributed by atoms with van der Waals surface area (Å²) in [5.74, 6) is 3.04. The van der Waals surface area contributed by atoms with Crippen LogP contribution in [0.15, 0.2) is 40.8 Å². The Morgan fingerprint density at radius 1 is 1.07 bits per heavy atom. The van der Waals surface area contributed by atoms with Gasteiger partial charge in [-0.3, -0.25) is 9.80 Å². The van der Waals surface area contributed by atoms with Gasteiger partial charge in [-0.05, 0) is 31.5 Å². The molecule has 1 aliphatic rings. The zero-order valence-electron chi connectivity index (χ0n) is 16.6. The Labute approximate surface area is 162 Å². The van der Waals surface area contributed by atoms with Crippen molar-refractivity contribution in [3.05, 3.63) is 53.5 Å². The Morgan fingerprint density at radius 2 is 1.89 bits per heavy atom. The fourth-order valence-electron chi connectivity index (χ4n) is 3.80. The van der Waals surface area contributed by atoms with E-state index in [1.807, 2.05) is 19.1 Å². The van der Waals surface area contributed by atoms with Gasteiger partial charge in [-0.2, -0.15) is 0 Å². The van der Waals surface area contributed by atoms with E-state index in [1.54, 1.807) is 0 Å². The van der Waals surface area contributed by atoms with Crippen LogP contribution >= 0.6 is 0 Å². The van der Waals surface area contributed by atoms with E-state index >= 15 is 0 Å². The van der Waals surface area contributed by atoms with Gasteiger partial charge in [0.15, 0.2) is 0 Å². The standard InChI is InChI=1S/C22H32N2O3/c1-3-20-9-10-21(27-20)17-23-12-13-24(19(16-23)11-14-25)15-18-7-5-6-8-22(18)26-4-2/h5-10,19,25H,3-4,11-17H2,1-2H3/t19-/m0/s1. The summed E-state index contributed by atoms with van der Waals surface area (Å²) < 4.78 is 11.7. The first kappa shape index (κ1) is 19.9. The summed E-state index contributed by atoms with van der Waals surface area (Å²) in [6.07, 6.45) is 1.71. The molecule has 27 heavy (non-hydrogen) atoms. The van der Waals surface area contributed by atoms with Gasteiger partial charge in [-0.25, -0.2) is 0 Å². The van der Waals surface area contributed by atoms with Crippen molar-refractivity contribution in [3.63, 3.8) is 0 Å². The second kappa shape index (κ2) is 9.93. The van der Waals surface area contributed by atoms with Gasteiger partial charge in [0.25, 0.3) is 0 Å². The lowest BCUT2D eigenvalue weighted by atomic mass is 10.1. The first-order chi connectivity index (χ1) is 13.2. The maximum absolute atomic E-state index is 9.56. The Bertz CT molecular complexity index is 700. The molecule has 0 unspecified atom stereocenters. The van der Waals surface area contributed by atoms with Gasteiger partial charge in [-0.15, -0.1) is 0 Å². The molecule has 0 spiro atoms. The minimum absolute atomic E-state index is 0.211. The Hall–Kier alpha value is -1.82. The molecule has 1 aliphatic heterocycles. The number of nitrogens with zero attached hydrogens (tertiary/aromatic N) is 2. The van der Waals surface area contributed by atoms with E-state index in [0.717, 1.165) is 62.8 Å². The van der Waals surface area contributed by atoms with Gasteiger partial charge < -0.3 is 14.3 Å². The van der Waals surface area contributed by atoms with Crippen molar-refractivity contribution in [2.45, 2.75) is 45.8 Å². The number of aliphatic hydroxyl groups excluding tert-OH is 1. The lowest BCUT2D eigenvalue weighted by molar-refractivity contribution is 0.0461. The fourth-order valence-corrected chi connectivity index (χ4v) is 3.80. The molecule has 0 aliphatic carbocycles. The zero-order valence-corrected chi connectivity index (χ0v) is 16.6. The lowest BCUT2D eigenvalue weighted by Gasteiger charge is -2.41. The predicted octanol–water partition coefficient (Wildman–Crippen LogP) is 3.31. The molecule has 1 N–H and O–H groups in total. The third kappa shape index (κ3) is 5.34.